The van der Waals surface area contributed by atoms with E-state index in [4.69, 9.17) is 21.8 Å². The molecule has 2 rings (SSSR count). The van der Waals surface area contributed by atoms with Gasteiger partial charge in [-0.15, -0.1) is 11.8 Å². The van der Waals surface area contributed by atoms with Gasteiger partial charge in [-0.3, -0.25) is 0 Å². The van der Waals surface area contributed by atoms with Crippen molar-refractivity contribution in [2.75, 3.05) is 5.75 Å². The number of carboxylic acid groups (broad SMARTS) is 2. The number of hydrogen-bond donors (Lipinski definition) is 2. The van der Waals surface area contributed by atoms with Crippen molar-refractivity contribution in [2.45, 2.75) is 24.3 Å². The van der Waals surface area contributed by atoms with Gasteiger partial charge in [0.2, 0.25) is 0 Å². The van der Waals surface area contributed by atoms with Gasteiger partial charge in [-0.2, -0.15) is 26.3 Å². The van der Waals surface area contributed by atoms with Crippen molar-refractivity contribution in [2.24, 2.45) is 0 Å². The summed E-state index contributed by atoms with van der Waals surface area (Å²) in [6, 6.07) is 3.83. The number of thioether (sulfide) groups is 1. The third-order valence-electron chi connectivity index (χ3n) is 3.44. The zero-order chi connectivity index (χ0) is 26.1. The summed E-state index contributed by atoms with van der Waals surface area (Å²) in [7, 11) is 0. The molecule has 0 spiro atoms. The number of carbonyl (C=O) groups is 2. The number of aromatic nitrogens is 2. The number of hydrogen-bond acceptors (Lipinski definition) is 5. The molecule has 0 atom stereocenters. The monoisotopic (exact) mass is 528 g/mol. The molecule has 0 aliphatic carbocycles. The third kappa shape index (κ3) is 9.83. The van der Waals surface area contributed by atoms with Gasteiger partial charge in [-0.1, -0.05) is 24.6 Å². The molecular formula is C20H15ClF6N2O4S. The Balaban J connectivity index is 0.000000342. The first-order valence-electron chi connectivity index (χ1n) is 8.92. The van der Waals surface area contributed by atoms with Crippen molar-refractivity contribution in [1.29, 1.82) is 0 Å². The Morgan fingerprint density at radius 1 is 0.882 bits per heavy atom. The van der Waals surface area contributed by atoms with E-state index in [2.05, 4.69) is 9.97 Å². The van der Waals surface area contributed by atoms with Crippen LogP contribution < -0.4 is 0 Å². The Bertz CT molecular complexity index is 1090. The summed E-state index contributed by atoms with van der Waals surface area (Å²) < 4.78 is 74.0. The molecule has 0 saturated carbocycles. The van der Waals surface area contributed by atoms with Crippen molar-refractivity contribution in [3.63, 3.8) is 0 Å². The minimum Gasteiger partial charge on any atom is -0.478 e. The van der Waals surface area contributed by atoms with Crippen LogP contribution in [0.1, 0.15) is 29.4 Å². The fraction of sp³-hybridized carbons (Fsp3) is 0.200. The van der Waals surface area contributed by atoms with Crippen molar-refractivity contribution >= 4 is 47.5 Å². The lowest BCUT2D eigenvalue weighted by atomic mass is 10.2. The molecular weight excluding hydrogens is 514 g/mol. The lowest BCUT2D eigenvalue weighted by Gasteiger charge is -2.09. The highest BCUT2D eigenvalue weighted by atomic mass is 35.5. The molecule has 0 aliphatic rings. The molecule has 2 heterocycles. The first-order chi connectivity index (χ1) is 15.6. The second kappa shape index (κ2) is 12.4. The second-order valence-electron chi connectivity index (χ2n) is 5.94. The average Bonchev–Trinajstić information content (AvgIpc) is 2.71. The lowest BCUT2D eigenvalue weighted by Crippen LogP contribution is -2.08. The van der Waals surface area contributed by atoms with E-state index >= 15 is 0 Å². The molecule has 34 heavy (non-hydrogen) atoms. The van der Waals surface area contributed by atoms with Crippen molar-refractivity contribution in [3.8, 4) is 0 Å². The summed E-state index contributed by atoms with van der Waals surface area (Å²) in [6.45, 7) is 1.78. The number of alkyl halides is 6. The van der Waals surface area contributed by atoms with E-state index < -0.39 is 40.8 Å². The zero-order valence-corrected chi connectivity index (χ0v) is 18.6. The molecule has 0 unspecified atom stereocenters. The largest absolute Gasteiger partial charge is 0.478 e. The van der Waals surface area contributed by atoms with Crippen LogP contribution in [0, 0.1) is 0 Å². The Labute approximate surface area is 198 Å². The molecule has 0 saturated heterocycles. The normalized spacial score (nSPS) is 12.0. The predicted octanol–water partition coefficient (Wildman–Crippen LogP) is 6.16. The van der Waals surface area contributed by atoms with Crippen LogP contribution in [0.25, 0.3) is 12.2 Å². The van der Waals surface area contributed by atoms with E-state index in [9.17, 15) is 35.9 Å². The van der Waals surface area contributed by atoms with Crippen LogP contribution in [0.2, 0.25) is 5.15 Å². The number of halogens is 7. The lowest BCUT2D eigenvalue weighted by molar-refractivity contribution is -0.142. The van der Waals surface area contributed by atoms with Gasteiger partial charge in [-0.25, -0.2) is 19.6 Å². The number of carboxylic acids is 2. The Kier molecular flexibility index (Phi) is 10.6. The Morgan fingerprint density at radius 2 is 1.32 bits per heavy atom. The summed E-state index contributed by atoms with van der Waals surface area (Å²) in [6.07, 6.45) is -5.15. The zero-order valence-electron chi connectivity index (χ0n) is 17.0. The molecule has 2 N–H and O–H groups in total. The van der Waals surface area contributed by atoms with Crippen LogP contribution in [0.4, 0.5) is 26.3 Å². The van der Waals surface area contributed by atoms with E-state index in [1.807, 2.05) is 0 Å². The van der Waals surface area contributed by atoms with E-state index in [-0.39, 0.29) is 10.6 Å². The maximum absolute atomic E-state index is 12.5. The average molecular weight is 529 g/mol. The van der Waals surface area contributed by atoms with Crippen LogP contribution in [0.3, 0.4) is 0 Å². The summed E-state index contributed by atoms with van der Waals surface area (Å²) in [4.78, 5) is 27.2. The van der Waals surface area contributed by atoms with E-state index in [0.29, 0.717) is 11.3 Å². The summed E-state index contributed by atoms with van der Waals surface area (Å²) in [5.74, 6) is -1.85. The molecule has 0 radical (unpaired) electrons. The first-order valence-corrected chi connectivity index (χ1v) is 10.3. The molecule has 14 heteroatoms. The van der Waals surface area contributed by atoms with Gasteiger partial charge < -0.3 is 10.2 Å². The van der Waals surface area contributed by atoms with Gasteiger partial charge in [0.25, 0.3) is 0 Å². The molecule has 0 aliphatic heterocycles. The summed E-state index contributed by atoms with van der Waals surface area (Å²) in [5.41, 5.74) is -1.63. The van der Waals surface area contributed by atoms with E-state index in [0.717, 1.165) is 48.2 Å². The van der Waals surface area contributed by atoms with E-state index in [1.165, 1.54) is 12.1 Å². The Hall–Kier alpha value is -3.06. The summed E-state index contributed by atoms with van der Waals surface area (Å²) in [5, 5.41) is 16.6. The fourth-order valence-corrected chi connectivity index (χ4v) is 2.99. The molecule has 0 aromatic carbocycles. The smallest absolute Gasteiger partial charge is 0.433 e. The topological polar surface area (TPSA) is 100 Å². The van der Waals surface area contributed by atoms with Gasteiger partial charge >= 0.3 is 24.3 Å². The van der Waals surface area contributed by atoms with Gasteiger partial charge in [0, 0.05) is 23.3 Å². The molecule has 6 nitrogen and oxygen atoms in total. The highest BCUT2D eigenvalue weighted by Crippen LogP contribution is 2.31. The van der Waals surface area contributed by atoms with Crippen LogP contribution in [-0.4, -0.2) is 37.9 Å². The SMILES string of the molecule is CCSc1nc(C(F)(F)F)ccc1C=CC(=O)O.O=C(O)C=Cc1ccc(C(F)(F)F)nc1Cl. The maximum Gasteiger partial charge on any atom is 0.433 e. The first kappa shape index (κ1) is 29.0. The minimum atomic E-state index is -4.57. The Morgan fingerprint density at radius 3 is 1.74 bits per heavy atom. The van der Waals surface area contributed by atoms with E-state index in [1.54, 1.807) is 6.92 Å². The second-order valence-corrected chi connectivity index (χ2v) is 7.55. The molecule has 2 aromatic rings. The fourth-order valence-electron chi connectivity index (χ4n) is 2.04. The molecule has 0 fully saturated rings. The quantitative estimate of drug-likeness (QED) is 0.200. The van der Waals surface area contributed by atoms with Crippen LogP contribution in [0.15, 0.2) is 41.4 Å². The third-order valence-corrected chi connectivity index (χ3v) is 4.63. The van der Waals surface area contributed by atoms with Crippen LogP contribution in [-0.2, 0) is 21.9 Å². The number of rotatable bonds is 6. The van der Waals surface area contributed by atoms with Gasteiger partial charge in [0.05, 0.1) is 0 Å². The number of aliphatic carboxylic acids is 2. The molecule has 0 bridgehead atoms. The molecule has 2 aromatic heterocycles. The highest BCUT2D eigenvalue weighted by Gasteiger charge is 2.33. The number of pyridine rings is 2. The van der Waals surface area contributed by atoms with Gasteiger partial charge in [0.15, 0.2) is 0 Å². The minimum absolute atomic E-state index is 0.108. The van der Waals surface area contributed by atoms with Crippen molar-refractivity contribution in [1.82, 2.24) is 9.97 Å². The standard InChI is InChI=1S/C11H10F3NO2S.C9H5ClF3NO2/c1-2-18-10-7(4-6-9(16)17)3-5-8(15-10)11(12,13)14;10-8-5(2-4-7(15)16)1-3-6(14-8)9(11,12)13/h3-6H,2H2,1H3,(H,16,17);1-4H,(H,15,16). The highest BCUT2D eigenvalue weighted by molar-refractivity contribution is 7.99. The summed E-state index contributed by atoms with van der Waals surface area (Å²) >= 11 is 6.59. The van der Waals surface area contributed by atoms with Gasteiger partial charge in [0.1, 0.15) is 21.6 Å². The molecule has 184 valence electrons. The number of nitrogens with zero attached hydrogens (tertiary/aromatic N) is 2. The van der Waals surface area contributed by atoms with Crippen molar-refractivity contribution < 1.29 is 46.1 Å². The van der Waals surface area contributed by atoms with Crippen LogP contribution >= 0.6 is 23.4 Å². The van der Waals surface area contributed by atoms with Gasteiger partial charge in [-0.05, 0) is 36.1 Å². The predicted molar refractivity (Wildman–Crippen MR) is 113 cm³/mol. The van der Waals surface area contributed by atoms with Crippen molar-refractivity contribution in [3.05, 3.63) is 64.1 Å². The maximum atomic E-state index is 12.5. The van der Waals surface area contributed by atoms with Crippen LogP contribution in [0.5, 0.6) is 0 Å². The molecule has 0 amide bonds.